The van der Waals surface area contributed by atoms with E-state index in [1.54, 1.807) is 62.0 Å². The summed E-state index contributed by atoms with van der Waals surface area (Å²) in [6.45, 7) is 7.64. The number of nitrogens with one attached hydrogen (secondary N) is 2. The smallest absolute Gasteiger partial charge is 0.408 e. The third kappa shape index (κ3) is 7.01. The molecule has 0 aliphatic heterocycles. The van der Waals surface area contributed by atoms with Gasteiger partial charge in [0.15, 0.2) is 5.43 Å². The maximum absolute atomic E-state index is 15.3. The molecule has 2 amide bonds. The van der Waals surface area contributed by atoms with Crippen LogP contribution in [0.3, 0.4) is 0 Å². The normalized spacial score (nSPS) is 12.1. The quantitative estimate of drug-likeness (QED) is 0.210. The standard InChI is InChI=1S/C32H38FN5O6/c1-6-15-44-26-12-11-24(33)27-28(26)37(18-23(29(27)39)20-7-9-22(43-5)10-8-20)14-13-35-30(40)25(16-21-17-34-19-36-21)38(31(41)42)32(2,3)4/h7-12,17-19,25H,6,13-16H2,1-5H3,(H,34,36)(H,35,40)(H,41,42). The number of rotatable bonds is 12. The van der Waals surface area contributed by atoms with Crippen LogP contribution in [0.2, 0.25) is 0 Å². The molecule has 0 aliphatic carbocycles. The predicted molar refractivity (Wildman–Crippen MR) is 165 cm³/mol. The fourth-order valence-electron chi connectivity index (χ4n) is 5.15. The van der Waals surface area contributed by atoms with Crippen LogP contribution in [0.5, 0.6) is 11.5 Å². The molecule has 2 aromatic heterocycles. The van der Waals surface area contributed by atoms with Gasteiger partial charge in [0.25, 0.3) is 0 Å². The van der Waals surface area contributed by atoms with Crippen LogP contribution in [-0.2, 0) is 17.8 Å². The minimum atomic E-state index is -1.24. The van der Waals surface area contributed by atoms with Crippen LogP contribution < -0.4 is 20.2 Å². The van der Waals surface area contributed by atoms with Gasteiger partial charge in [0.1, 0.15) is 23.4 Å². The number of amides is 2. The van der Waals surface area contributed by atoms with Crippen LogP contribution >= 0.6 is 0 Å². The summed E-state index contributed by atoms with van der Waals surface area (Å²) in [5, 5.41) is 12.8. The van der Waals surface area contributed by atoms with Crippen molar-refractivity contribution in [2.45, 2.75) is 58.7 Å². The topological polar surface area (TPSA) is 139 Å². The molecular formula is C32H38FN5O6. The Hall–Kier alpha value is -4.87. The summed E-state index contributed by atoms with van der Waals surface area (Å²) < 4.78 is 28.2. The number of carbonyl (C=O) groups excluding carboxylic acids is 1. The molecule has 0 saturated carbocycles. The average Bonchev–Trinajstić information content (AvgIpc) is 3.50. The number of imidazole rings is 1. The summed E-state index contributed by atoms with van der Waals surface area (Å²) >= 11 is 0. The lowest BCUT2D eigenvalue weighted by atomic mass is 10.00. The summed E-state index contributed by atoms with van der Waals surface area (Å²) in [5.74, 6) is -0.251. The number of carboxylic acid groups (broad SMARTS) is 1. The zero-order chi connectivity index (χ0) is 32.0. The largest absolute Gasteiger partial charge is 0.497 e. The van der Waals surface area contributed by atoms with Gasteiger partial charge in [-0.3, -0.25) is 14.5 Å². The number of hydrogen-bond acceptors (Lipinski definition) is 6. The third-order valence-corrected chi connectivity index (χ3v) is 7.16. The van der Waals surface area contributed by atoms with Crippen LogP contribution in [0.15, 0.2) is 59.9 Å². The lowest BCUT2D eigenvalue weighted by Crippen LogP contribution is -2.57. The molecule has 0 radical (unpaired) electrons. The van der Waals surface area contributed by atoms with Crippen LogP contribution in [0.25, 0.3) is 22.0 Å². The van der Waals surface area contributed by atoms with Gasteiger partial charge in [-0.2, -0.15) is 0 Å². The Kier molecular flexibility index (Phi) is 9.92. The van der Waals surface area contributed by atoms with Crippen molar-refractivity contribution in [2.75, 3.05) is 20.3 Å². The second kappa shape index (κ2) is 13.6. The van der Waals surface area contributed by atoms with E-state index in [9.17, 15) is 19.5 Å². The molecule has 1 atom stereocenters. The molecule has 1 unspecified atom stereocenters. The Balaban J connectivity index is 1.72. The van der Waals surface area contributed by atoms with E-state index in [0.29, 0.717) is 35.8 Å². The van der Waals surface area contributed by atoms with Crippen LogP contribution in [-0.4, -0.2) is 68.4 Å². The van der Waals surface area contributed by atoms with E-state index in [0.717, 1.165) is 4.90 Å². The van der Waals surface area contributed by atoms with Gasteiger partial charge >= 0.3 is 6.09 Å². The molecule has 2 aromatic carbocycles. The zero-order valence-electron chi connectivity index (χ0n) is 25.5. The van der Waals surface area contributed by atoms with Crippen molar-refractivity contribution in [3.05, 3.63) is 76.9 Å². The number of H-pyrrole nitrogens is 1. The molecule has 3 N–H and O–H groups in total. The Morgan fingerprint density at radius 3 is 2.50 bits per heavy atom. The Labute approximate surface area is 254 Å². The molecule has 0 spiro atoms. The lowest BCUT2D eigenvalue weighted by molar-refractivity contribution is -0.127. The van der Waals surface area contributed by atoms with Crippen LogP contribution in [0.4, 0.5) is 9.18 Å². The number of benzene rings is 2. The first-order valence-corrected chi connectivity index (χ1v) is 14.4. The molecule has 12 heteroatoms. The highest BCUT2D eigenvalue weighted by Crippen LogP contribution is 2.30. The SMILES string of the molecule is CCCOc1ccc(F)c2c(=O)c(-c3ccc(OC)cc3)cn(CCNC(=O)C(Cc3cnc[nH]3)N(C(=O)O)C(C)(C)C)c12. The van der Waals surface area contributed by atoms with E-state index in [-0.39, 0.29) is 36.0 Å². The summed E-state index contributed by atoms with van der Waals surface area (Å²) in [4.78, 5) is 47.6. The van der Waals surface area contributed by atoms with Crippen molar-refractivity contribution in [2.24, 2.45) is 0 Å². The predicted octanol–water partition coefficient (Wildman–Crippen LogP) is 4.83. The zero-order valence-corrected chi connectivity index (χ0v) is 25.5. The van der Waals surface area contributed by atoms with Gasteiger partial charge < -0.3 is 29.4 Å². The van der Waals surface area contributed by atoms with Gasteiger partial charge in [0, 0.05) is 48.7 Å². The summed E-state index contributed by atoms with van der Waals surface area (Å²) in [6, 6.07) is 8.50. The molecule has 4 rings (SSSR count). The minimum Gasteiger partial charge on any atom is -0.497 e. The first kappa shape index (κ1) is 32.1. The molecule has 0 fully saturated rings. The number of pyridine rings is 1. The van der Waals surface area contributed by atoms with Gasteiger partial charge in [-0.05, 0) is 57.0 Å². The van der Waals surface area contributed by atoms with Crippen molar-refractivity contribution in [3.8, 4) is 22.6 Å². The van der Waals surface area contributed by atoms with Crippen molar-refractivity contribution in [1.29, 1.82) is 0 Å². The van der Waals surface area contributed by atoms with E-state index in [2.05, 4.69) is 15.3 Å². The summed E-state index contributed by atoms with van der Waals surface area (Å²) in [7, 11) is 1.54. The van der Waals surface area contributed by atoms with Gasteiger partial charge in [-0.15, -0.1) is 0 Å². The number of halogens is 1. The molecule has 11 nitrogen and oxygen atoms in total. The van der Waals surface area contributed by atoms with E-state index in [1.807, 2.05) is 6.92 Å². The molecule has 4 aromatic rings. The lowest BCUT2D eigenvalue weighted by Gasteiger charge is -2.38. The fraction of sp³-hybridized carbons (Fsp3) is 0.375. The molecule has 0 aliphatic rings. The van der Waals surface area contributed by atoms with E-state index < -0.39 is 34.8 Å². The van der Waals surface area contributed by atoms with Crippen molar-refractivity contribution in [3.63, 3.8) is 0 Å². The average molecular weight is 608 g/mol. The maximum atomic E-state index is 15.3. The van der Waals surface area contributed by atoms with Gasteiger partial charge in [-0.1, -0.05) is 19.1 Å². The van der Waals surface area contributed by atoms with Crippen LogP contribution in [0, 0.1) is 5.82 Å². The first-order chi connectivity index (χ1) is 21.0. The molecule has 44 heavy (non-hydrogen) atoms. The number of ether oxygens (including phenoxy) is 2. The second-order valence-corrected chi connectivity index (χ2v) is 11.3. The van der Waals surface area contributed by atoms with Crippen LogP contribution in [0.1, 0.15) is 39.8 Å². The highest BCUT2D eigenvalue weighted by molar-refractivity contribution is 5.89. The highest BCUT2D eigenvalue weighted by atomic mass is 19.1. The number of fused-ring (bicyclic) bond motifs is 1. The molecule has 0 bridgehead atoms. The first-order valence-electron chi connectivity index (χ1n) is 14.4. The number of carbonyl (C=O) groups is 2. The number of hydrogen-bond donors (Lipinski definition) is 3. The molecule has 0 saturated heterocycles. The number of nitrogens with zero attached hydrogens (tertiary/aromatic N) is 3. The van der Waals surface area contributed by atoms with Crippen molar-refractivity contribution >= 4 is 22.9 Å². The number of methoxy groups -OCH3 is 1. The number of aromatic nitrogens is 3. The number of aromatic amines is 1. The third-order valence-electron chi connectivity index (χ3n) is 7.16. The second-order valence-electron chi connectivity index (χ2n) is 11.3. The van der Waals surface area contributed by atoms with Gasteiger partial charge in [0.2, 0.25) is 5.91 Å². The van der Waals surface area contributed by atoms with Gasteiger partial charge in [-0.25, -0.2) is 14.2 Å². The van der Waals surface area contributed by atoms with Crippen molar-refractivity contribution in [1.82, 2.24) is 24.8 Å². The molecule has 2 heterocycles. The monoisotopic (exact) mass is 607 g/mol. The Morgan fingerprint density at radius 1 is 1.18 bits per heavy atom. The van der Waals surface area contributed by atoms with E-state index >= 15 is 4.39 Å². The van der Waals surface area contributed by atoms with E-state index in [4.69, 9.17) is 9.47 Å². The minimum absolute atomic E-state index is 0.0552. The van der Waals surface area contributed by atoms with Crippen molar-refractivity contribution < 1.29 is 28.6 Å². The molecule has 234 valence electrons. The summed E-state index contributed by atoms with van der Waals surface area (Å²) in [6.07, 6.45) is 4.18. The van der Waals surface area contributed by atoms with Gasteiger partial charge in [0.05, 0.1) is 30.9 Å². The molecular weight excluding hydrogens is 569 g/mol. The Morgan fingerprint density at radius 2 is 1.91 bits per heavy atom. The maximum Gasteiger partial charge on any atom is 0.408 e. The summed E-state index contributed by atoms with van der Waals surface area (Å²) in [5.41, 5.74) is 0.331. The van der Waals surface area contributed by atoms with E-state index in [1.165, 1.54) is 25.6 Å². The Bertz CT molecular complexity index is 1660. The highest BCUT2D eigenvalue weighted by Gasteiger charge is 2.37. The fourth-order valence-corrected chi connectivity index (χ4v) is 5.15.